The van der Waals surface area contributed by atoms with Crippen molar-refractivity contribution in [1.29, 1.82) is 0 Å². The molecule has 1 aliphatic carbocycles. The summed E-state index contributed by atoms with van der Waals surface area (Å²) in [5, 5.41) is 17.6. The van der Waals surface area contributed by atoms with Crippen molar-refractivity contribution in [2.75, 3.05) is 0 Å². The van der Waals surface area contributed by atoms with Gasteiger partial charge in [0.25, 0.3) is 0 Å². The molecule has 0 atom stereocenters. The molecule has 1 heterocycles. The van der Waals surface area contributed by atoms with E-state index in [0.717, 1.165) is 18.5 Å². The minimum atomic E-state index is -0.899. The van der Waals surface area contributed by atoms with E-state index in [1.54, 1.807) is 12.3 Å². The lowest BCUT2D eigenvalue weighted by Gasteiger charge is -2.08. The quantitative estimate of drug-likeness (QED) is 0.792. The fourth-order valence-corrected chi connectivity index (χ4v) is 2.07. The Balaban J connectivity index is 2.11. The molecule has 2 N–H and O–H groups in total. The molecule has 0 unspecified atom stereocenters. The summed E-state index contributed by atoms with van der Waals surface area (Å²) in [5.41, 5.74) is 1.23. The summed E-state index contributed by atoms with van der Waals surface area (Å²) in [6.07, 6.45) is 4.46. The van der Waals surface area contributed by atoms with Crippen molar-refractivity contribution >= 4 is 11.9 Å². The number of aromatic nitrogens is 1. The summed E-state index contributed by atoms with van der Waals surface area (Å²) in [7, 11) is 0. The fourth-order valence-electron chi connectivity index (χ4n) is 2.07. The van der Waals surface area contributed by atoms with Crippen molar-refractivity contribution in [3.05, 3.63) is 23.5 Å². The van der Waals surface area contributed by atoms with Gasteiger partial charge in [-0.05, 0) is 25.3 Å². The number of hydrogen-bond acceptors (Lipinski definition) is 2. The zero-order valence-corrected chi connectivity index (χ0v) is 9.43. The van der Waals surface area contributed by atoms with E-state index >= 15 is 0 Å². The normalized spacial score (nSPS) is 14.8. The largest absolute Gasteiger partial charge is 0.481 e. The predicted molar refractivity (Wildman–Crippen MR) is 60.2 cm³/mol. The molecular weight excluding hydrogens is 222 g/mol. The Morgan fingerprint density at radius 1 is 1.35 bits per heavy atom. The Morgan fingerprint density at radius 3 is 2.59 bits per heavy atom. The minimum absolute atomic E-state index is 0.116. The second kappa shape index (κ2) is 4.61. The Hall–Kier alpha value is -1.78. The van der Waals surface area contributed by atoms with Gasteiger partial charge in [0.05, 0.1) is 5.56 Å². The van der Waals surface area contributed by atoms with Crippen molar-refractivity contribution in [2.45, 2.75) is 38.1 Å². The molecule has 1 aromatic rings. The number of carbonyl (C=O) groups is 2. The fraction of sp³-hybridized carbons (Fsp3) is 0.500. The summed E-state index contributed by atoms with van der Waals surface area (Å²) in [4.78, 5) is 21.5. The van der Waals surface area contributed by atoms with Crippen LogP contribution in [-0.4, -0.2) is 26.7 Å². The molecule has 1 aromatic heterocycles. The van der Waals surface area contributed by atoms with E-state index in [9.17, 15) is 9.59 Å². The number of aromatic carboxylic acids is 1. The summed E-state index contributed by atoms with van der Waals surface area (Å²) >= 11 is 0. The molecule has 1 aliphatic rings. The number of aryl methyl sites for hydroxylation is 1. The molecular formula is C12H15NO4. The minimum Gasteiger partial charge on any atom is -0.481 e. The van der Waals surface area contributed by atoms with Gasteiger partial charge < -0.3 is 14.8 Å². The third-order valence-electron chi connectivity index (χ3n) is 2.99. The van der Waals surface area contributed by atoms with Gasteiger partial charge in [0.15, 0.2) is 0 Å². The first-order valence-corrected chi connectivity index (χ1v) is 5.73. The molecule has 92 valence electrons. The molecule has 1 saturated carbocycles. The van der Waals surface area contributed by atoms with Crippen LogP contribution in [0.3, 0.4) is 0 Å². The Morgan fingerprint density at radius 2 is 2.06 bits per heavy atom. The summed E-state index contributed by atoms with van der Waals surface area (Å²) in [5.74, 6) is -1.37. The molecule has 2 rings (SSSR count). The molecule has 0 bridgehead atoms. The Kier molecular flexibility index (Phi) is 3.17. The van der Waals surface area contributed by atoms with Crippen LogP contribution < -0.4 is 0 Å². The molecule has 0 amide bonds. The van der Waals surface area contributed by atoms with Gasteiger partial charge in [-0.15, -0.1) is 0 Å². The van der Waals surface area contributed by atoms with Gasteiger partial charge in [-0.2, -0.15) is 0 Å². The average Bonchev–Trinajstić information content (AvgIpc) is 2.99. The van der Waals surface area contributed by atoms with E-state index in [-0.39, 0.29) is 6.42 Å². The first kappa shape index (κ1) is 11.7. The number of hydrogen-bond donors (Lipinski definition) is 2. The molecule has 5 heteroatoms. The molecule has 1 fully saturated rings. The second-order valence-electron chi connectivity index (χ2n) is 4.38. The molecule has 5 nitrogen and oxygen atoms in total. The van der Waals surface area contributed by atoms with E-state index in [1.165, 1.54) is 0 Å². The van der Waals surface area contributed by atoms with Gasteiger partial charge in [-0.1, -0.05) is 0 Å². The van der Waals surface area contributed by atoms with E-state index in [1.807, 2.05) is 4.57 Å². The van der Waals surface area contributed by atoms with Crippen LogP contribution in [0.15, 0.2) is 12.3 Å². The molecule has 0 radical (unpaired) electrons. The maximum Gasteiger partial charge on any atom is 0.337 e. The van der Waals surface area contributed by atoms with Crippen LogP contribution >= 0.6 is 0 Å². The zero-order valence-electron chi connectivity index (χ0n) is 9.43. The van der Waals surface area contributed by atoms with E-state index in [0.29, 0.717) is 24.4 Å². The number of carboxylic acids is 2. The predicted octanol–water partition coefficient (Wildman–Crippen LogP) is 1.93. The average molecular weight is 237 g/mol. The van der Waals surface area contributed by atoms with Gasteiger partial charge in [-0.25, -0.2) is 4.79 Å². The third-order valence-corrected chi connectivity index (χ3v) is 2.99. The first-order chi connectivity index (χ1) is 8.09. The monoisotopic (exact) mass is 237 g/mol. The lowest BCUT2D eigenvalue weighted by molar-refractivity contribution is -0.137. The van der Waals surface area contributed by atoms with E-state index in [4.69, 9.17) is 10.2 Å². The Labute approximate surface area is 98.7 Å². The second-order valence-corrected chi connectivity index (χ2v) is 4.38. The smallest absolute Gasteiger partial charge is 0.337 e. The summed E-state index contributed by atoms with van der Waals surface area (Å²) < 4.78 is 1.89. The standard InChI is InChI=1S/C12H15NO4/c14-10(15)2-1-6-13-7-5-9(12(16)17)11(13)8-3-4-8/h5,7-8H,1-4,6H2,(H,14,15)(H,16,17). The van der Waals surface area contributed by atoms with Crippen LogP contribution in [0.25, 0.3) is 0 Å². The van der Waals surface area contributed by atoms with Crippen LogP contribution in [0.4, 0.5) is 0 Å². The van der Waals surface area contributed by atoms with Crippen molar-refractivity contribution < 1.29 is 19.8 Å². The van der Waals surface area contributed by atoms with Gasteiger partial charge >= 0.3 is 11.9 Å². The van der Waals surface area contributed by atoms with Gasteiger partial charge in [0.2, 0.25) is 0 Å². The number of carboxylic acid groups (broad SMARTS) is 2. The topological polar surface area (TPSA) is 79.5 Å². The van der Waals surface area contributed by atoms with Crippen molar-refractivity contribution in [3.8, 4) is 0 Å². The maximum atomic E-state index is 11.0. The molecule has 0 saturated heterocycles. The highest BCUT2D eigenvalue weighted by molar-refractivity contribution is 5.89. The highest BCUT2D eigenvalue weighted by Crippen LogP contribution is 2.42. The Bertz CT molecular complexity index is 445. The highest BCUT2D eigenvalue weighted by atomic mass is 16.4. The highest BCUT2D eigenvalue weighted by Gasteiger charge is 2.31. The van der Waals surface area contributed by atoms with Crippen LogP contribution in [0.1, 0.15) is 47.7 Å². The maximum absolute atomic E-state index is 11.0. The van der Waals surface area contributed by atoms with E-state index < -0.39 is 11.9 Å². The number of nitrogens with zero attached hydrogens (tertiary/aromatic N) is 1. The van der Waals surface area contributed by atoms with Crippen LogP contribution in [0.5, 0.6) is 0 Å². The lowest BCUT2D eigenvalue weighted by Crippen LogP contribution is -2.07. The van der Waals surface area contributed by atoms with Crippen LogP contribution in [0.2, 0.25) is 0 Å². The van der Waals surface area contributed by atoms with E-state index in [2.05, 4.69) is 0 Å². The SMILES string of the molecule is O=C(O)CCCn1ccc(C(=O)O)c1C1CC1. The zero-order chi connectivity index (χ0) is 12.4. The van der Waals surface area contributed by atoms with Gasteiger partial charge in [0, 0.05) is 30.8 Å². The molecule has 0 spiro atoms. The third kappa shape index (κ3) is 2.67. The number of aliphatic carboxylic acids is 1. The molecule has 0 aliphatic heterocycles. The van der Waals surface area contributed by atoms with Crippen molar-refractivity contribution in [2.24, 2.45) is 0 Å². The van der Waals surface area contributed by atoms with Gasteiger partial charge in [-0.3, -0.25) is 4.79 Å². The van der Waals surface area contributed by atoms with Crippen LogP contribution in [-0.2, 0) is 11.3 Å². The van der Waals surface area contributed by atoms with Crippen molar-refractivity contribution in [1.82, 2.24) is 4.57 Å². The first-order valence-electron chi connectivity index (χ1n) is 5.73. The lowest BCUT2D eigenvalue weighted by atomic mass is 10.1. The van der Waals surface area contributed by atoms with Crippen molar-refractivity contribution in [3.63, 3.8) is 0 Å². The van der Waals surface area contributed by atoms with Gasteiger partial charge in [0.1, 0.15) is 0 Å². The number of rotatable bonds is 6. The summed E-state index contributed by atoms with van der Waals surface area (Å²) in [6.45, 7) is 0.575. The molecule has 0 aromatic carbocycles. The van der Waals surface area contributed by atoms with Crippen LogP contribution in [0, 0.1) is 0 Å². The summed E-state index contributed by atoms with van der Waals surface area (Å²) in [6, 6.07) is 1.61. The molecule has 17 heavy (non-hydrogen) atoms.